The predicted molar refractivity (Wildman–Crippen MR) is 87.6 cm³/mol. The summed E-state index contributed by atoms with van der Waals surface area (Å²) in [4.78, 5) is 23.9. The first kappa shape index (κ1) is 17.0. The minimum atomic E-state index is -0.340. The van der Waals surface area contributed by atoms with Crippen LogP contribution in [0.25, 0.3) is 0 Å². The highest BCUT2D eigenvalue weighted by Crippen LogP contribution is 2.14. The van der Waals surface area contributed by atoms with Crippen molar-refractivity contribution in [2.75, 3.05) is 19.0 Å². The summed E-state index contributed by atoms with van der Waals surface area (Å²) in [7, 11) is 1.55. The van der Waals surface area contributed by atoms with E-state index in [0.29, 0.717) is 29.4 Å². The lowest BCUT2D eigenvalue weighted by Crippen LogP contribution is -2.23. The van der Waals surface area contributed by atoms with Crippen LogP contribution in [0.2, 0.25) is 0 Å². The van der Waals surface area contributed by atoms with Crippen molar-refractivity contribution >= 4 is 28.8 Å². The van der Waals surface area contributed by atoms with Gasteiger partial charge in [0.25, 0.3) is 11.8 Å². The highest BCUT2D eigenvalue weighted by Gasteiger charge is 2.13. The molecule has 0 unspecified atom stereocenters. The van der Waals surface area contributed by atoms with Crippen LogP contribution in [0.5, 0.6) is 0 Å². The van der Waals surface area contributed by atoms with Crippen LogP contribution in [0.15, 0.2) is 24.3 Å². The Morgan fingerprint density at radius 1 is 1.17 bits per heavy atom. The van der Waals surface area contributed by atoms with Crippen LogP contribution in [0.1, 0.15) is 38.5 Å². The molecule has 8 heteroatoms. The molecule has 0 aliphatic rings. The normalized spacial score (nSPS) is 10.3. The first-order valence-electron chi connectivity index (χ1n) is 7.15. The molecule has 2 aromatic rings. The Hall–Kier alpha value is -2.32. The molecule has 0 spiro atoms. The molecule has 7 nitrogen and oxygen atoms in total. The molecule has 0 fully saturated rings. The van der Waals surface area contributed by atoms with Crippen LogP contribution >= 0.6 is 11.3 Å². The van der Waals surface area contributed by atoms with Gasteiger partial charge in [-0.3, -0.25) is 9.59 Å². The van der Waals surface area contributed by atoms with E-state index < -0.39 is 0 Å². The lowest BCUT2D eigenvalue weighted by molar-refractivity contribution is 0.0953. The number of methoxy groups -OCH3 is 1. The van der Waals surface area contributed by atoms with Gasteiger partial charge in [0.1, 0.15) is 5.01 Å². The van der Waals surface area contributed by atoms with Gasteiger partial charge in [0, 0.05) is 24.9 Å². The van der Waals surface area contributed by atoms with Crippen LogP contribution in [0.3, 0.4) is 0 Å². The minimum Gasteiger partial charge on any atom is -0.377 e. The summed E-state index contributed by atoms with van der Waals surface area (Å²) >= 11 is 1.18. The van der Waals surface area contributed by atoms with Gasteiger partial charge >= 0.3 is 0 Å². The molecule has 2 amide bonds. The molecule has 0 radical (unpaired) electrons. The molecule has 0 saturated carbocycles. The van der Waals surface area contributed by atoms with Gasteiger partial charge in [-0.05, 0) is 30.7 Å². The van der Waals surface area contributed by atoms with Crippen molar-refractivity contribution in [1.82, 2.24) is 15.5 Å². The number of aromatic nitrogens is 2. The van der Waals surface area contributed by atoms with E-state index in [1.54, 1.807) is 31.4 Å². The zero-order valence-corrected chi connectivity index (χ0v) is 13.8. The topological polar surface area (TPSA) is 93.2 Å². The van der Waals surface area contributed by atoms with Crippen molar-refractivity contribution in [2.24, 2.45) is 0 Å². The van der Waals surface area contributed by atoms with Crippen molar-refractivity contribution in [1.29, 1.82) is 0 Å². The third kappa shape index (κ3) is 4.83. The largest absolute Gasteiger partial charge is 0.377 e. The predicted octanol–water partition coefficient (Wildman–Crippen LogP) is 2.08. The summed E-state index contributed by atoms with van der Waals surface area (Å²) in [5.74, 6) is -0.467. The van der Waals surface area contributed by atoms with Gasteiger partial charge < -0.3 is 15.4 Å². The Morgan fingerprint density at radius 3 is 2.57 bits per heavy atom. The van der Waals surface area contributed by atoms with Gasteiger partial charge in [-0.2, -0.15) is 0 Å². The van der Waals surface area contributed by atoms with E-state index in [0.717, 1.165) is 6.42 Å². The summed E-state index contributed by atoms with van der Waals surface area (Å²) < 4.78 is 4.94. The SMILES string of the molecule is CCCNC(=O)c1ccc(NC(=O)c2nnc(COC)s2)cc1. The first-order chi connectivity index (χ1) is 11.1. The third-order valence-electron chi connectivity index (χ3n) is 2.87. The smallest absolute Gasteiger partial charge is 0.286 e. The van der Waals surface area contributed by atoms with E-state index >= 15 is 0 Å². The quantitative estimate of drug-likeness (QED) is 0.808. The maximum atomic E-state index is 12.1. The lowest BCUT2D eigenvalue weighted by Gasteiger charge is -2.05. The molecule has 0 atom stereocenters. The number of hydrogen-bond donors (Lipinski definition) is 2. The molecule has 0 aliphatic heterocycles. The average Bonchev–Trinajstić information content (AvgIpc) is 3.02. The maximum Gasteiger partial charge on any atom is 0.286 e. The highest BCUT2D eigenvalue weighted by atomic mass is 32.1. The number of amides is 2. The Morgan fingerprint density at radius 2 is 1.91 bits per heavy atom. The van der Waals surface area contributed by atoms with Crippen molar-refractivity contribution in [3.63, 3.8) is 0 Å². The average molecular weight is 334 g/mol. The standard InChI is InChI=1S/C15H18N4O3S/c1-3-8-16-13(20)10-4-6-11(7-5-10)17-14(21)15-19-18-12(23-15)9-22-2/h4-7H,3,8-9H2,1-2H3,(H,16,20)(H,17,21). The first-order valence-corrected chi connectivity index (χ1v) is 7.96. The maximum absolute atomic E-state index is 12.1. The number of carbonyl (C=O) groups excluding carboxylic acids is 2. The van der Waals surface area contributed by atoms with E-state index in [9.17, 15) is 9.59 Å². The van der Waals surface area contributed by atoms with Gasteiger partial charge in [0.2, 0.25) is 5.01 Å². The summed E-state index contributed by atoms with van der Waals surface area (Å²) in [6, 6.07) is 6.68. The molecule has 0 bridgehead atoms. The van der Waals surface area contributed by atoms with Crippen molar-refractivity contribution < 1.29 is 14.3 Å². The fourth-order valence-electron chi connectivity index (χ4n) is 1.76. The Labute approximate surface area is 138 Å². The number of nitrogens with one attached hydrogen (secondary N) is 2. The number of benzene rings is 1. The van der Waals surface area contributed by atoms with E-state index in [4.69, 9.17) is 4.74 Å². The van der Waals surface area contributed by atoms with Gasteiger partial charge in [-0.25, -0.2) is 0 Å². The lowest BCUT2D eigenvalue weighted by atomic mass is 10.2. The van der Waals surface area contributed by atoms with Crippen molar-refractivity contribution in [3.8, 4) is 0 Å². The second-order valence-electron chi connectivity index (χ2n) is 4.72. The van der Waals surface area contributed by atoms with E-state index in [2.05, 4.69) is 20.8 Å². The number of anilines is 1. The van der Waals surface area contributed by atoms with Crippen LogP contribution in [-0.4, -0.2) is 35.7 Å². The number of nitrogens with zero attached hydrogens (tertiary/aromatic N) is 2. The number of ether oxygens (including phenoxy) is 1. The summed E-state index contributed by atoms with van der Waals surface area (Å²) in [5.41, 5.74) is 1.14. The van der Waals surface area contributed by atoms with Crippen LogP contribution in [0.4, 0.5) is 5.69 Å². The highest BCUT2D eigenvalue weighted by molar-refractivity contribution is 7.13. The van der Waals surface area contributed by atoms with Crippen LogP contribution in [-0.2, 0) is 11.3 Å². The molecular weight excluding hydrogens is 316 g/mol. The fraction of sp³-hybridized carbons (Fsp3) is 0.333. The van der Waals surface area contributed by atoms with E-state index in [1.807, 2.05) is 6.92 Å². The molecular formula is C15H18N4O3S. The molecule has 23 heavy (non-hydrogen) atoms. The Balaban J connectivity index is 1.96. The zero-order valence-electron chi connectivity index (χ0n) is 13.0. The Bertz CT molecular complexity index is 670. The Kier molecular flexibility index (Phi) is 6.19. The minimum absolute atomic E-state index is 0.127. The van der Waals surface area contributed by atoms with Gasteiger partial charge in [0.05, 0.1) is 6.61 Å². The molecule has 1 aromatic carbocycles. The van der Waals surface area contributed by atoms with E-state index in [1.165, 1.54) is 11.3 Å². The molecule has 0 aliphatic carbocycles. The summed E-state index contributed by atoms with van der Waals surface area (Å²) in [6.45, 7) is 2.95. The summed E-state index contributed by atoms with van der Waals surface area (Å²) in [5, 5.41) is 14.1. The second-order valence-corrected chi connectivity index (χ2v) is 5.78. The third-order valence-corrected chi connectivity index (χ3v) is 3.76. The molecule has 2 N–H and O–H groups in total. The van der Waals surface area contributed by atoms with Crippen LogP contribution in [0, 0.1) is 0 Å². The monoisotopic (exact) mass is 334 g/mol. The molecule has 1 heterocycles. The van der Waals surface area contributed by atoms with E-state index in [-0.39, 0.29) is 16.8 Å². The number of carbonyl (C=O) groups is 2. The molecule has 0 saturated heterocycles. The molecule has 122 valence electrons. The van der Waals surface area contributed by atoms with Crippen molar-refractivity contribution in [2.45, 2.75) is 20.0 Å². The fourth-order valence-corrected chi connectivity index (χ4v) is 2.46. The summed E-state index contributed by atoms with van der Waals surface area (Å²) in [6.07, 6.45) is 0.882. The molecule has 1 aromatic heterocycles. The number of hydrogen-bond acceptors (Lipinski definition) is 6. The van der Waals surface area contributed by atoms with Gasteiger partial charge in [-0.1, -0.05) is 18.3 Å². The molecule has 2 rings (SSSR count). The van der Waals surface area contributed by atoms with Crippen LogP contribution < -0.4 is 10.6 Å². The second kappa shape index (κ2) is 8.35. The van der Waals surface area contributed by atoms with Gasteiger partial charge in [0.15, 0.2) is 0 Å². The van der Waals surface area contributed by atoms with Gasteiger partial charge in [-0.15, -0.1) is 10.2 Å². The zero-order chi connectivity index (χ0) is 16.7. The number of rotatable bonds is 7. The van der Waals surface area contributed by atoms with Crippen molar-refractivity contribution in [3.05, 3.63) is 39.8 Å².